The van der Waals surface area contributed by atoms with E-state index in [9.17, 15) is 14.0 Å². The van der Waals surface area contributed by atoms with Crippen LogP contribution in [0.2, 0.25) is 0 Å². The van der Waals surface area contributed by atoms with Crippen LogP contribution >= 0.6 is 0 Å². The summed E-state index contributed by atoms with van der Waals surface area (Å²) in [4.78, 5) is 23.7. The van der Waals surface area contributed by atoms with E-state index >= 15 is 0 Å². The van der Waals surface area contributed by atoms with Crippen molar-refractivity contribution in [3.05, 3.63) is 29.1 Å². The molecule has 2 amide bonds. The van der Waals surface area contributed by atoms with Gasteiger partial charge in [0.15, 0.2) is 0 Å². The lowest BCUT2D eigenvalue weighted by molar-refractivity contribution is -0.125. The Morgan fingerprint density at radius 3 is 2.62 bits per heavy atom. The van der Waals surface area contributed by atoms with Crippen LogP contribution in [0.1, 0.15) is 42.1 Å². The summed E-state index contributed by atoms with van der Waals surface area (Å²) >= 11 is 0. The van der Waals surface area contributed by atoms with Gasteiger partial charge in [-0.3, -0.25) is 9.59 Å². The summed E-state index contributed by atoms with van der Waals surface area (Å²) in [5.41, 5.74) is 11.0. The third-order valence-corrected chi connectivity index (χ3v) is 4.43. The number of primary amides is 1. The molecule has 5 N–H and O–H groups in total. The zero-order valence-corrected chi connectivity index (χ0v) is 12.2. The first-order chi connectivity index (χ1) is 9.75. The Morgan fingerprint density at radius 2 is 2.10 bits per heavy atom. The first-order valence-corrected chi connectivity index (χ1v) is 6.92. The Kier molecular flexibility index (Phi) is 4.00. The molecule has 0 bridgehead atoms. The molecule has 1 aromatic carbocycles. The highest BCUT2D eigenvalue weighted by atomic mass is 19.1. The van der Waals surface area contributed by atoms with Gasteiger partial charge in [-0.2, -0.15) is 0 Å². The molecule has 2 rings (SSSR count). The standard InChI is InChI=1S/C15H20FN3O2/c1-8-10(16)6-9(13(18)20)7-11(8)19-14(21)15(2)5-3-4-12(15)17/h6-7,12H,3-5,17H2,1-2H3,(H2,18,20)(H,19,21). The molecule has 1 aliphatic rings. The van der Waals surface area contributed by atoms with Crippen molar-refractivity contribution in [1.82, 2.24) is 0 Å². The zero-order chi connectivity index (χ0) is 15.8. The van der Waals surface area contributed by atoms with Crippen molar-refractivity contribution < 1.29 is 14.0 Å². The molecule has 0 radical (unpaired) electrons. The number of nitrogens with one attached hydrogen (secondary N) is 1. The summed E-state index contributed by atoms with van der Waals surface area (Å²) in [5.74, 6) is -1.58. The third-order valence-electron chi connectivity index (χ3n) is 4.43. The molecule has 21 heavy (non-hydrogen) atoms. The van der Waals surface area contributed by atoms with E-state index in [0.717, 1.165) is 18.9 Å². The van der Waals surface area contributed by atoms with Gasteiger partial charge in [-0.15, -0.1) is 0 Å². The highest BCUT2D eigenvalue weighted by Crippen LogP contribution is 2.38. The minimum absolute atomic E-state index is 0.0225. The maximum absolute atomic E-state index is 13.8. The van der Waals surface area contributed by atoms with Crippen LogP contribution in [0.15, 0.2) is 12.1 Å². The minimum atomic E-state index is -0.742. The topological polar surface area (TPSA) is 98.2 Å². The van der Waals surface area contributed by atoms with Crippen LogP contribution in [-0.2, 0) is 4.79 Å². The van der Waals surface area contributed by atoms with Gasteiger partial charge >= 0.3 is 0 Å². The molecule has 0 aromatic heterocycles. The molecule has 0 heterocycles. The van der Waals surface area contributed by atoms with Crippen molar-refractivity contribution in [2.75, 3.05) is 5.32 Å². The molecule has 2 unspecified atom stereocenters. The Bertz CT molecular complexity index is 603. The van der Waals surface area contributed by atoms with E-state index < -0.39 is 17.1 Å². The average molecular weight is 293 g/mol. The summed E-state index contributed by atoms with van der Waals surface area (Å²) in [6.45, 7) is 3.34. The number of amides is 2. The second-order valence-corrected chi connectivity index (χ2v) is 5.87. The van der Waals surface area contributed by atoms with Gasteiger partial charge < -0.3 is 16.8 Å². The lowest BCUT2D eigenvalue weighted by Crippen LogP contribution is -2.44. The number of benzene rings is 1. The van der Waals surface area contributed by atoms with E-state index in [-0.39, 0.29) is 28.8 Å². The fourth-order valence-electron chi connectivity index (χ4n) is 2.69. The highest BCUT2D eigenvalue weighted by Gasteiger charge is 2.43. The number of carbonyl (C=O) groups excluding carboxylic acids is 2. The molecule has 0 spiro atoms. The molecule has 2 atom stereocenters. The summed E-state index contributed by atoms with van der Waals surface area (Å²) in [5, 5.41) is 2.69. The van der Waals surface area contributed by atoms with E-state index in [0.29, 0.717) is 6.42 Å². The largest absolute Gasteiger partial charge is 0.366 e. The van der Waals surface area contributed by atoms with Crippen LogP contribution < -0.4 is 16.8 Å². The van der Waals surface area contributed by atoms with Crippen molar-refractivity contribution in [1.29, 1.82) is 0 Å². The molecule has 0 aliphatic heterocycles. The Balaban J connectivity index is 2.31. The van der Waals surface area contributed by atoms with Gasteiger partial charge in [-0.25, -0.2) is 4.39 Å². The van der Waals surface area contributed by atoms with Crippen LogP contribution in [0, 0.1) is 18.2 Å². The first-order valence-electron chi connectivity index (χ1n) is 6.92. The normalized spacial score (nSPS) is 24.9. The van der Waals surface area contributed by atoms with Gasteiger partial charge in [0.1, 0.15) is 5.82 Å². The van der Waals surface area contributed by atoms with Gasteiger partial charge in [0.25, 0.3) is 0 Å². The van der Waals surface area contributed by atoms with Crippen LogP contribution in [-0.4, -0.2) is 17.9 Å². The quantitative estimate of drug-likeness (QED) is 0.791. The fourth-order valence-corrected chi connectivity index (χ4v) is 2.69. The van der Waals surface area contributed by atoms with Gasteiger partial charge in [-0.1, -0.05) is 6.42 Å². The number of hydrogen-bond donors (Lipinski definition) is 3. The lowest BCUT2D eigenvalue weighted by Gasteiger charge is -2.28. The molecule has 1 fully saturated rings. The molecular weight excluding hydrogens is 273 g/mol. The third kappa shape index (κ3) is 2.76. The number of carbonyl (C=O) groups is 2. The summed E-state index contributed by atoms with van der Waals surface area (Å²) in [6, 6.07) is 2.24. The van der Waals surface area contributed by atoms with Crippen molar-refractivity contribution in [3.8, 4) is 0 Å². The molecular formula is C15H20FN3O2. The van der Waals surface area contributed by atoms with Crippen molar-refractivity contribution in [2.45, 2.75) is 39.2 Å². The smallest absolute Gasteiger partial charge is 0.248 e. The predicted molar refractivity (Wildman–Crippen MR) is 78.2 cm³/mol. The SMILES string of the molecule is Cc1c(F)cc(C(N)=O)cc1NC(=O)C1(C)CCCC1N. The van der Waals surface area contributed by atoms with Gasteiger partial charge in [-0.05, 0) is 38.8 Å². The molecule has 0 saturated heterocycles. The van der Waals surface area contributed by atoms with Crippen LogP contribution in [0.25, 0.3) is 0 Å². The molecule has 5 nitrogen and oxygen atoms in total. The van der Waals surface area contributed by atoms with Crippen LogP contribution in [0.4, 0.5) is 10.1 Å². The van der Waals surface area contributed by atoms with E-state index in [1.807, 2.05) is 6.92 Å². The number of halogens is 1. The van der Waals surface area contributed by atoms with Crippen molar-refractivity contribution in [3.63, 3.8) is 0 Å². The predicted octanol–water partition coefficient (Wildman–Crippen LogP) is 1.69. The second kappa shape index (κ2) is 5.44. The van der Waals surface area contributed by atoms with Crippen LogP contribution in [0.5, 0.6) is 0 Å². The lowest BCUT2D eigenvalue weighted by atomic mass is 9.84. The molecule has 1 aliphatic carbocycles. The van der Waals surface area contributed by atoms with E-state index in [2.05, 4.69) is 5.32 Å². The molecule has 6 heteroatoms. The van der Waals surface area contributed by atoms with Crippen molar-refractivity contribution in [2.24, 2.45) is 16.9 Å². The number of rotatable bonds is 3. The fraction of sp³-hybridized carbons (Fsp3) is 0.467. The minimum Gasteiger partial charge on any atom is -0.366 e. The van der Waals surface area contributed by atoms with Crippen molar-refractivity contribution >= 4 is 17.5 Å². The first kappa shape index (κ1) is 15.4. The van der Waals surface area contributed by atoms with E-state index in [1.54, 1.807) is 0 Å². The average Bonchev–Trinajstić information content (AvgIpc) is 2.75. The Morgan fingerprint density at radius 1 is 1.43 bits per heavy atom. The summed E-state index contributed by atoms with van der Waals surface area (Å²) in [6.07, 6.45) is 2.37. The molecule has 1 saturated carbocycles. The Hall–Kier alpha value is -1.95. The monoisotopic (exact) mass is 293 g/mol. The highest BCUT2D eigenvalue weighted by molar-refractivity contribution is 5.99. The molecule has 114 valence electrons. The Labute approximate surface area is 122 Å². The van der Waals surface area contributed by atoms with E-state index in [1.165, 1.54) is 13.0 Å². The van der Waals surface area contributed by atoms with Gasteiger partial charge in [0.05, 0.1) is 5.41 Å². The summed E-state index contributed by atoms with van der Waals surface area (Å²) in [7, 11) is 0. The number of hydrogen-bond acceptors (Lipinski definition) is 3. The zero-order valence-electron chi connectivity index (χ0n) is 12.2. The number of nitrogens with two attached hydrogens (primary N) is 2. The maximum atomic E-state index is 13.8. The second-order valence-electron chi connectivity index (χ2n) is 5.87. The maximum Gasteiger partial charge on any atom is 0.248 e. The number of anilines is 1. The molecule has 1 aromatic rings. The van der Waals surface area contributed by atoms with Gasteiger partial charge in [0, 0.05) is 22.9 Å². The van der Waals surface area contributed by atoms with Crippen LogP contribution in [0.3, 0.4) is 0 Å². The summed E-state index contributed by atoms with van der Waals surface area (Å²) < 4.78 is 13.8. The van der Waals surface area contributed by atoms with Gasteiger partial charge in [0.2, 0.25) is 11.8 Å². The van der Waals surface area contributed by atoms with E-state index in [4.69, 9.17) is 11.5 Å².